The van der Waals surface area contributed by atoms with E-state index < -0.39 is 22.0 Å². The van der Waals surface area contributed by atoms with E-state index in [0.29, 0.717) is 29.9 Å². The van der Waals surface area contributed by atoms with E-state index in [1.165, 1.54) is 34.0 Å². The van der Waals surface area contributed by atoms with Crippen LogP contribution in [0, 0.1) is 6.92 Å². The van der Waals surface area contributed by atoms with Crippen LogP contribution in [0.3, 0.4) is 0 Å². The molecule has 0 spiro atoms. The highest BCUT2D eigenvalue weighted by molar-refractivity contribution is 7.89. The lowest BCUT2D eigenvalue weighted by Crippen LogP contribution is -2.41. The molecule has 1 fully saturated rings. The standard InChI is InChI=1S/C22H23N3O6S/c1-15-9-11-24-20(12-15)23-16(13-21(24)26)14-31-22(27)19-4-3-10-25(19)32(28,29)18-7-5-17(30-2)6-8-18/h5-9,11-13,19H,3-4,10,14H2,1-2H3. The first-order chi connectivity index (χ1) is 15.3. The predicted octanol–water partition coefficient (Wildman–Crippen LogP) is 1.91. The Morgan fingerprint density at radius 2 is 1.94 bits per heavy atom. The topological polar surface area (TPSA) is 107 Å². The van der Waals surface area contributed by atoms with E-state index >= 15 is 0 Å². The van der Waals surface area contributed by atoms with Gasteiger partial charge in [0.15, 0.2) is 0 Å². The van der Waals surface area contributed by atoms with Gasteiger partial charge >= 0.3 is 5.97 Å². The zero-order valence-corrected chi connectivity index (χ0v) is 18.5. The highest BCUT2D eigenvalue weighted by Crippen LogP contribution is 2.28. The van der Waals surface area contributed by atoms with E-state index in [4.69, 9.17) is 9.47 Å². The van der Waals surface area contributed by atoms with E-state index in [9.17, 15) is 18.0 Å². The lowest BCUT2D eigenvalue weighted by molar-refractivity contribution is -0.148. The Morgan fingerprint density at radius 1 is 1.19 bits per heavy atom. The van der Waals surface area contributed by atoms with Crippen LogP contribution in [0.2, 0.25) is 0 Å². The quantitative estimate of drug-likeness (QED) is 0.521. The molecule has 3 aromatic rings. The fraction of sp³-hybridized carbons (Fsp3) is 0.318. The lowest BCUT2D eigenvalue weighted by atomic mass is 10.2. The molecule has 32 heavy (non-hydrogen) atoms. The highest BCUT2D eigenvalue weighted by Gasteiger charge is 2.40. The maximum absolute atomic E-state index is 13.1. The maximum Gasteiger partial charge on any atom is 0.324 e. The van der Waals surface area contributed by atoms with E-state index in [1.807, 2.05) is 6.92 Å². The molecular formula is C22H23N3O6S. The smallest absolute Gasteiger partial charge is 0.324 e. The molecule has 3 heterocycles. The van der Waals surface area contributed by atoms with E-state index in [2.05, 4.69) is 4.98 Å². The van der Waals surface area contributed by atoms with Gasteiger partial charge in [-0.25, -0.2) is 13.4 Å². The van der Waals surface area contributed by atoms with Gasteiger partial charge < -0.3 is 9.47 Å². The molecule has 1 aliphatic heterocycles. The van der Waals surface area contributed by atoms with Crippen molar-refractivity contribution < 1.29 is 22.7 Å². The number of hydrogen-bond donors (Lipinski definition) is 0. The van der Waals surface area contributed by atoms with Crippen LogP contribution < -0.4 is 10.3 Å². The van der Waals surface area contributed by atoms with Crippen molar-refractivity contribution in [2.24, 2.45) is 0 Å². The van der Waals surface area contributed by atoms with Gasteiger partial charge in [0.25, 0.3) is 5.56 Å². The summed E-state index contributed by atoms with van der Waals surface area (Å²) in [5.41, 5.74) is 1.41. The van der Waals surface area contributed by atoms with Gasteiger partial charge in [-0.3, -0.25) is 14.0 Å². The summed E-state index contributed by atoms with van der Waals surface area (Å²) in [6.45, 7) is 1.89. The number of fused-ring (bicyclic) bond motifs is 1. The molecule has 0 amide bonds. The van der Waals surface area contributed by atoms with E-state index in [0.717, 1.165) is 5.56 Å². The lowest BCUT2D eigenvalue weighted by Gasteiger charge is -2.22. The molecule has 10 heteroatoms. The van der Waals surface area contributed by atoms with Crippen molar-refractivity contribution in [1.29, 1.82) is 0 Å². The summed E-state index contributed by atoms with van der Waals surface area (Å²) < 4.78 is 39.1. The number of carbonyl (C=O) groups is 1. The minimum Gasteiger partial charge on any atom is -0.497 e. The Hall–Kier alpha value is -3.24. The summed E-state index contributed by atoms with van der Waals surface area (Å²) >= 11 is 0. The Bertz CT molecular complexity index is 1320. The SMILES string of the molecule is COc1ccc(S(=O)(=O)N2CCCC2C(=O)OCc2cc(=O)n3ccc(C)cc3n2)cc1. The van der Waals surface area contributed by atoms with Crippen molar-refractivity contribution in [1.82, 2.24) is 13.7 Å². The van der Waals surface area contributed by atoms with Gasteiger partial charge in [0.2, 0.25) is 10.0 Å². The predicted molar refractivity (Wildman–Crippen MR) is 116 cm³/mol. The van der Waals surface area contributed by atoms with Crippen molar-refractivity contribution in [3.63, 3.8) is 0 Å². The number of methoxy groups -OCH3 is 1. The van der Waals surface area contributed by atoms with Crippen LogP contribution in [0.5, 0.6) is 5.75 Å². The molecule has 1 atom stereocenters. The minimum absolute atomic E-state index is 0.0811. The molecule has 1 unspecified atom stereocenters. The highest BCUT2D eigenvalue weighted by atomic mass is 32.2. The molecule has 9 nitrogen and oxygen atoms in total. The number of aromatic nitrogens is 2. The van der Waals surface area contributed by atoms with Crippen LogP contribution in [0.15, 0.2) is 58.4 Å². The number of pyridine rings is 1. The van der Waals surface area contributed by atoms with Crippen molar-refractivity contribution in [2.45, 2.75) is 37.3 Å². The van der Waals surface area contributed by atoms with E-state index in [-0.39, 0.29) is 23.6 Å². The molecule has 0 aliphatic carbocycles. The molecule has 2 aromatic heterocycles. The number of nitrogens with zero attached hydrogens (tertiary/aromatic N) is 3. The zero-order valence-electron chi connectivity index (χ0n) is 17.7. The number of sulfonamides is 1. The number of ether oxygens (including phenoxy) is 2. The second-order valence-corrected chi connectivity index (χ2v) is 9.47. The van der Waals surface area contributed by atoms with Crippen LogP contribution in [-0.4, -0.2) is 47.8 Å². The maximum atomic E-state index is 13.1. The van der Waals surface area contributed by atoms with Crippen molar-refractivity contribution in [3.05, 3.63) is 70.3 Å². The van der Waals surface area contributed by atoms with Gasteiger partial charge in [-0.2, -0.15) is 4.31 Å². The second-order valence-electron chi connectivity index (χ2n) is 7.58. The molecule has 168 valence electrons. The first-order valence-corrected chi connectivity index (χ1v) is 11.5. The van der Waals surface area contributed by atoms with Gasteiger partial charge in [-0.1, -0.05) is 0 Å². The third-order valence-corrected chi connectivity index (χ3v) is 7.30. The first kappa shape index (κ1) is 22.0. The molecule has 0 N–H and O–H groups in total. The summed E-state index contributed by atoms with van der Waals surface area (Å²) in [5.74, 6) is -0.124. The monoisotopic (exact) mass is 457 g/mol. The van der Waals surface area contributed by atoms with Gasteiger partial charge in [0.05, 0.1) is 17.7 Å². The number of rotatable bonds is 6. The van der Waals surface area contributed by atoms with Crippen molar-refractivity contribution in [3.8, 4) is 5.75 Å². The fourth-order valence-corrected chi connectivity index (χ4v) is 5.36. The largest absolute Gasteiger partial charge is 0.497 e. The third-order valence-electron chi connectivity index (χ3n) is 5.38. The number of aryl methyl sites for hydroxylation is 1. The summed E-state index contributed by atoms with van der Waals surface area (Å²) in [4.78, 5) is 29.5. The molecule has 0 radical (unpaired) electrons. The number of benzene rings is 1. The van der Waals surface area contributed by atoms with Gasteiger partial charge in [-0.05, 0) is 61.7 Å². The summed E-state index contributed by atoms with van der Waals surface area (Å²) in [6, 6.07) is 9.94. The Labute approximate surface area is 185 Å². The average molecular weight is 458 g/mol. The van der Waals surface area contributed by atoms with Crippen LogP contribution in [-0.2, 0) is 26.2 Å². The summed E-state index contributed by atoms with van der Waals surface area (Å²) in [7, 11) is -2.38. The van der Waals surface area contributed by atoms with Crippen LogP contribution in [0.25, 0.3) is 5.65 Å². The van der Waals surface area contributed by atoms with Crippen LogP contribution in [0.4, 0.5) is 0 Å². The van der Waals surface area contributed by atoms with Crippen molar-refractivity contribution >= 4 is 21.6 Å². The average Bonchev–Trinajstić information content (AvgIpc) is 3.28. The molecular weight excluding hydrogens is 434 g/mol. The Kier molecular flexibility index (Phi) is 5.98. The Morgan fingerprint density at radius 3 is 2.66 bits per heavy atom. The first-order valence-electron chi connectivity index (χ1n) is 10.1. The number of carbonyl (C=O) groups excluding carboxylic acids is 1. The molecule has 4 rings (SSSR count). The van der Waals surface area contributed by atoms with E-state index in [1.54, 1.807) is 30.5 Å². The number of esters is 1. The molecule has 0 saturated carbocycles. The third kappa shape index (κ3) is 4.23. The van der Waals surface area contributed by atoms with Crippen LogP contribution >= 0.6 is 0 Å². The van der Waals surface area contributed by atoms with Crippen molar-refractivity contribution in [2.75, 3.05) is 13.7 Å². The molecule has 1 aliphatic rings. The fourth-order valence-electron chi connectivity index (χ4n) is 3.72. The molecule has 0 bridgehead atoms. The number of hydrogen-bond acceptors (Lipinski definition) is 7. The normalized spacial score (nSPS) is 16.9. The zero-order chi connectivity index (χ0) is 22.9. The minimum atomic E-state index is -3.87. The molecule has 1 saturated heterocycles. The van der Waals surface area contributed by atoms with Gasteiger partial charge in [-0.15, -0.1) is 0 Å². The molecule has 1 aromatic carbocycles. The Balaban J connectivity index is 1.50. The van der Waals surface area contributed by atoms with Gasteiger partial charge in [0, 0.05) is 18.8 Å². The van der Waals surface area contributed by atoms with Gasteiger partial charge in [0.1, 0.15) is 24.0 Å². The summed E-state index contributed by atoms with van der Waals surface area (Å²) in [6.07, 6.45) is 2.54. The summed E-state index contributed by atoms with van der Waals surface area (Å²) in [5, 5.41) is 0. The van der Waals surface area contributed by atoms with Crippen LogP contribution in [0.1, 0.15) is 24.1 Å². The second kappa shape index (κ2) is 8.71.